The second-order valence-electron chi connectivity index (χ2n) is 15.0. The van der Waals surface area contributed by atoms with Crippen LogP contribution in [-0.4, -0.2) is 47.1 Å². The van der Waals surface area contributed by atoms with Gasteiger partial charge < -0.3 is 18.9 Å². The average Bonchev–Trinajstić information content (AvgIpc) is 3.96. The maximum Gasteiger partial charge on any atom is 0.492 e. The molecular weight excluding hydrogens is 843 g/mol. The summed E-state index contributed by atoms with van der Waals surface area (Å²) in [7, 11) is -1.51. The molecule has 316 valence electrons. The number of halogens is 1. The van der Waals surface area contributed by atoms with Crippen LogP contribution >= 0.6 is 11.6 Å². The highest BCUT2D eigenvalue weighted by Crippen LogP contribution is 2.36. The Hall–Kier alpha value is -8.35. The number of furan rings is 2. The van der Waals surface area contributed by atoms with Crippen LogP contribution in [0, 0.1) is 0 Å². The molecule has 2 N–H and O–H groups in total. The summed E-state index contributed by atoms with van der Waals surface area (Å²) in [6, 6.07) is 66.5. The quantitative estimate of drug-likeness (QED) is 0.155. The first kappa shape index (κ1) is 41.7. The molecule has 0 saturated heterocycles. The largest absolute Gasteiger partial charge is 0.492 e. The van der Waals surface area contributed by atoms with E-state index >= 15 is 0 Å². The van der Waals surface area contributed by atoms with Crippen molar-refractivity contribution in [3.05, 3.63) is 212 Å². The molecule has 0 unspecified atom stereocenters. The number of hydrogen-bond donors (Lipinski definition) is 2. The first-order valence-electron chi connectivity index (χ1n) is 21.0. The second-order valence-corrected chi connectivity index (χ2v) is 15.3. The summed E-state index contributed by atoms with van der Waals surface area (Å²) < 4.78 is 11.9. The van der Waals surface area contributed by atoms with Gasteiger partial charge in [-0.3, -0.25) is 0 Å². The number of fused-ring (bicyclic) bond motifs is 6. The number of para-hydroxylation sites is 4. The minimum Gasteiger partial charge on any atom is -0.456 e. The van der Waals surface area contributed by atoms with Gasteiger partial charge in [-0.05, 0) is 29.8 Å². The number of benzene rings is 8. The molecule has 0 saturated carbocycles. The van der Waals surface area contributed by atoms with E-state index < -0.39 is 7.12 Å². The molecule has 0 spiro atoms. The lowest BCUT2D eigenvalue weighted by Gasteiger charge is -2.08. The monoisotopic (exact) mass is 878 g/mol. The van der Waals surface area contributed by atoms with E-state index in [2.05, 4.69) is 27.1 Å². The van der Waals surface area contributed by atoms with Crippen molar-refractivity contribution in [2.75, 3.05) is 0 Å². The zero-order chi connectivity index (χ0) is 44.8. The van der Waals surface area contributed by atoms with Crippen LogP contribution in [0.3, 0.4) is 0 Å². The van der Waals surface area contributed by atoms with Gasteiger partial charge in [0.05, 0.1) is 5.56 Å². The van der Waals surface area contributed by atoms with E-state index in [1.165, 1.54) is 0 Å². The second kappa shape index (κ2) is 18.8. The standard InChI is InChI=1S/C27H17N3O.C15H10ClN3.C12H9BO3/c1-3-10-18(11-4-1)25-28-26(19-12-5-2-6-13-19)30-27(29-25)22-16-9-15-21-20-14-7-8-17-23(20)31-24(21)22;16-15-18-13(11-7-3-1-4-8-11)17-14(19-15)12-9-5-2-6-10-12;14-13(15)10-6-3-5-9-8-4-1-2-7-11(8)16-12(9)10/h1-17H;1-10H;1-7,14-15H. The van der Waals surface area contributed by atoms with Crippen LogP contribution in [0.2, 0.25) is 5.28 Å². The summed E-state index contributed by atoms with van der Waals surface area (Å²) in [4.78, 5) is 27.3. The van der Waals surface area contributed by atoms with Gasteiger partial charge in [0.25, 0.3) is 0 Å². The molecule has 12 heteroatoms. The van der Waals surface area contributed by atoms with Gasteiger partial charge in [0, 0.05) is 49.3 Å². The van der Waals surface area contributed by atoms with Crippen LogP contribution in [0.15, 0.2) is 215 Å². The Bertz CT molecular complexity index is 3480. The zero-order valence-electron chi connectivity index (χ0n) is 35.0. The van der Waals surface area contributed by atoms with Crippen molar-refractivity contribution < 1.29 is 18.9 Å². The van der Waals surface area contributed by atoms with Crippen molar-refractivity contribution in [3.63, 3.8) is 0 Å². The van der Waals surface area contributed by atoms with Crippen LogP contribution in [0.1, 0.15) is 0 Å². The molecule has 0 amide bonds. The molecule has 4 aromatic heterocycles. The highest BCUT2D eigenvalue weighted by atomic mass is 35.5. The van der Waals surface area contributed by atoms with Crippen LogP contribution in [0.4, 0.5) is 0 Å². The fourth-order valence-electron chi connectivity index (χ4n) is 7.61. The predicted octanol–water partition coefficient (Wildman–Crippen LogP) is 11.9. The van der Waals surface area contributed by atoms with Gasteiger partial charge in [0.1, 0.15) is 22.3 Å². The molecule has 12 rings (SSSR count). The van der Waals surface area contributed by atoms with Crippen molar-refractivity contribution in [2.24, 2.45) is 0 Å². The summed E-state index contributed by atoms with van der Waals surface area (Å²) in [6.07, 6.45) is 0. The van der Waals surface area contributed by atoms with Crippen LogP contribution in [0.5, 0.6) is 0 Å². The van der Waals surface area contributed by atoms with Crippen molar-refractivity contribution in [1.29, 1.82) is 0 Å². The molecule has 0 fully saturated rings. The Labute approximate surface area is 383 Å². The van der Waals surface area contributed by atoms with Crippen molar-refractivity contribution in [3.8, 4) is 56.9 Å². The van der Waals surface area contributed by atoms with E-state index in [-0.39, 0.29) is 5.28 Å². The fraction of sp³-hybridized carbons (Fsp3) is 0. The maximum absolute atomic E-state index is 9.24. The Balaban J connectivity index is 0.000000125. The van der Waals surface area contributed by atoms with Gasteiger partial charge in [-0.1, -0.05) is 188 Å². The smallest absolute Gasteiger partial charge is 0.456 e. The number of aromatic nitrogens is 6. The van der Waals surface area contributed by atoms with Crippen LogP contribution in [0.25, 0.3) is 101 Å². The minimum absolute atomic E-state index is 0.202. The Kier molecular flexibility index (Phi) is 11.9. The molecule has 10 nitrogen and oxygen atoms in total. The van der Waals surface area contributed by atoms with Gasteiger partial charge in [-0.25, -0.2) is 19.9 Å². The summed E-state index contributed by atoms with van der Waals surface area (Å²) in [5, 5.41) is 22.7. The van der Waals surface area contributed by atoms with Crippen molar-refractivity contribution in [2.45, 2.75) is 0 Å². The van der Waals surface area contributed by atoms with E-state index in [0.29, 0.717) is 40.2 Å². The number of nitrogens with zero attached hydrogens (tertiary/aromatic N) is 6. The van der Waals surface area contributed by atoms with Crippen molar-refractivity contribution >= 4 is 68.1 Å². The van der Waals surface area contributed by atoms with Gasteiger partial charge in [-0.15, -0.1) is 0 Å². The van der Waals surface area contributed by atoms with E-state index in [1.54, 1.807) is 12.1 Å². The summed E-state index contributed by atoms with van der Waals surface area (Å²) in [6.45, 7) is 0. The molecule has 66 heavy (non-hydrogen) atoms. The lowest BCUT2D eigenvalue weighted by Crippen LogP contribution is -2.29. The highest BCUT2D eigenvalue weighted by Gasteiger charge is 2.19. The molecule has 4 heterocycles. The zero-order valence-corrected chi connectivity index (χ0v) is 35.7. The normalized spacial score (nSPS) is 11.0. The first-order valence-corrected chi connectivity index (χ1v) is 21.4. The molecule has 8 aromatic carbocycles. The summed E-state index contributed by atoms with van der Waals surface area (Å²) in [5.41, 5.74) is 7.91. The van der Waals surface area contributed by atoms with Crippen LogP contribution in [-0.2, 0) is 0 Å². The third-order valence-electron chi connectivity index (χ3n) is 10.7. The molecule has 0 radical (unpaired) electrons. The molecule has 0 atom stereocenters. The maximum atomic E-state index is 9.24. The SMILES string of the molecule is Clc1nc(-c2ccccc2)nc(-c2ccccc2)n1.OB(O)c1cccc2c1oc1ccccc12.c1ccc(-c2nc(-c3ccccc3)nc(-c3cccc4c3oc3ccccc34)n2)cc1. The minimum atomic E-state index is -1.51. The third kappa shape index (κ3) is 8.77. The first-order chi connectivity index (χ1) is 32.5. The van der Waals surface area contributed by atoms with Gasteiger partial charge >= 0.3 is 7.12 Å². The number of rotatable bonds is 6. The van der Waals surface area contributed by atoms with Crippen LogP contribution < -0.4 is 5.46 Å². The predicted molar refractivity (Wildman–Crippen MR) is 263 cm³/mol. The Morgan fingerprint density at radius 1 is 0.333 bits per heavy atom. The fourth-order valence-corrected chi connectivity index (χ4v) is 7.77. The van der Waals surface area contributed by atoms with Crippen molar-refractivity contribution in [1.82, 2.24) is 29.9 Å². The molecule has 0 aliphatic heterocycles. The third-order valence-corrected chi connectivity index (χ3v) is 10.9. The highest BCUT2D eigenvalue weighted by molar-refractivity contribution is 6.61. The lowest BCUT2D eigenvalue weighted by atomic mass is 9.79. The topological polar surface area (TPSA) is 144 Å². The van der Waals surface area contributed by atoms with Gasteiger partial charge in [0.2, 0.25) is 5.28 Å². The molecule has 0 aliphatic carbocycles. The van der Waals surface area contributed by atoms with E-state index in [0.717, 1.165) is 66.1 Å². The summed E-state index contributed by atoms with van der Waals surface area (Å²) >= 11 is 5.99. The van der Waals surface area contributed by atoms with Gasteiger partial charge in [-0.2, -0.15) is 9.97 Å². The Morgan fingerprint density at radius 3 is 1.14 bits per heavy atom. The summed E-state index contributed by atoms with van der Waals surface area (Å²) in [5.74, 6) is 3.03. The lowest BCUT2D eigenvalue weighted by molar-refractivity contribution is 0.425. The van der Waals surface area contributed by atoms with E-state index in [4.69, 9.17) is 35.4 Å². The molecule has 0 aliphatic rings. The molecule has 0 bridgehead atoms. The average molecular weight is 879 g/mol. The van der Waals surface area contributed by atoms with E-state index in [9.17, 15) is 10.0 Å². The van der Waals surface area contributed by atoms with Gasteiger partial charge in [0.15, 0.2) is 29.1 Å². The number of hydrogen-bond acceptors (Lipinski definition) is 10. The van der Waals surface area contributed by atoms with E-state index in [1.807, 2.05) is 182 Å². The molecule has 12 aromatic rings. The Morgan fingerprint density at radius 2 is 0.682 bits per heavy atom. The molecular formula is C54H36BClN6O4.